The van der Waals surface area contributed by atoms with E-state index in [1.807, 2.05) is 54.7 Å². The third kappa shape index (κ3) is 4.15. The number of imidazole rings is 1. The first-order chi connectivity index (χ1) is 18.1. The second-order valence-corrected chi connectivity index (χ2v) is 9.36. The maximum absolute atomic E-state index is 10.7. The lowest BCUT2D eigenvalue weighted by Crippen LogP contribution is -1.98. The van der Waals surface area contributed by atoms with Crippen molar-refractivity contribution >= 4 is 11.0 Å². The van der Waals surface area contributed by atoms with E-state index in [2.05, 4.69) is 64.8 Å². The third-order valence-corrected chi connectivity index (χ3v) is 6.59. The van der Waals surface area contributed by atoms with Gasteiger partial charge in [0.1, 0.15) is 11.4 Å². The van der Waals surface area contributed by atoms with Crippen molar-refractivity contribution in [2.75, 3.05) is 0 Å². The Kier molecular flexibility index (Phi) is 5.73. The van der Waals surface area contributed by atoms with E-state index in [4.69, 9.17) is 4.98 Å². The molecule has 6 rings (SSSR count). The van der Waals surface area contributed by atoms with Gasteiger partial charge < -0.3 is 5.11 Å². The number of benzene rings is 3. The van der Waals surface area contributed by atoms with Crippen LogP contribution in [0.15, 0.2) is 109 Å². The smallest absolute Gasteiger partial charge is 0.168 e. The molecule has 6 aromatic rings. The predicted molar refractivity (Wildman–Crippen MR) is 149 cm³/mol. The van der Waals surface area contributed by atoms with Gasteiger partial charge in [-0.15, -0.1) is 0 Å². The molecule has 0 spiro atoms. The van der Waals surface area contributed by atoms with Crippen molar-refractivity contribution in [2.45, 2.75) is 19.8 Å². The Bertz CT molecular complexity index is 1710. The standard InChI is InChI=1S/C32H26N4O/c1-21(2)22-18-23(20-24(19-22)27-13-6-7-16-33-27)26-12-8-14-28-30(26)35-32(31-29(37)15-9-17-34-31)36(28)25-10-4-3-5-11-25/h3-21,37H,1-2H3. The van der Waals surface area contributed by atoms with E-state index in [0.717, 1.165) is 39.1 Å². The van der Waals surface area contributed by atoms with E-state index in [0.29, 0.717) is 17.4 Å². The van der Waals surface area contributed by atoms with Gasteiger partial charge in [-0.25, -0.2) is 9.97 Å². The van der Waals surface area contributed by atoms with E-state index in [-0.39, 0.29) is 5.75 Å². The Morgan fingerprint density at radius 2 is 1.51 bits per heavy atom. The molecule has 0 saturated carbocycles. The van der Waals surface area contributed by atoms with Gasteiger partial charge in [-0.2, -0.15) is 0 Å². The zero-order valence-corrected chi connectivity index (χ0v) is 20.7. The lowest BCUT2D eigenvalue weighted by molar-refractivity contribution is 0.474. The number of rotatable bonds is 5. The van der Waals surface area contributed by atoms with Crippen molar-refractivity contribution in [3.05, 3.63) is 115 Å². The fourth-order valence-electron chi connectivity index (χ4n) is 4.72. The molecule has 5 heteroatoms. The Hall–Kier alpha value is -4.77. The normalized spacial score (nSPS) is 11.3. The highest BCUT2D eigenvalue weighted by Gasteiger charge is 2.21. The predicted octanol–water partition coefficient (Wildman–Crippen LogP) is 7.65. The zero-order valence-electron chi connectivity index (χ0n) is 20.7. The first kappa shape index (κ1) is 22.7. The summed E-state index contributed by atoms with van der Waals surface area (Å²) in [6, 6.07) is 32.3. The summed E-state index contributed by atoms with van der Waals surface area (Å²) >= 11 is 0. The number of nitrogens with zero attached hydrogens (tertiary/aromatic N) is 4. The molecule has 1 N–H and O–H groups in total. The summed E-state index contributed by atoms with van der Waals surface area (Å²) < 4.78 is 2.06. The molecular formula is C32H26N4O. The van der Waals surface area contributed by atoms with Crippen LogP contribution in [0.25, 0.3) is 50.6 Å². The van der Waals surface area contributed by atoms with Crippen LogP contribution in [0.2, 0.25) is 0 Å². The Balaban J connectivity index is 1.64. The third-order valence-electron chi connectivity index (χ3n) is 6.59. The fourth-order valence-corrected chi connectivity index (χ4v) is 4.72. The van der Waals surface area contributed by atoms with Gasteiger partial charge in [0.05, 0.1) is 16.7 Å². The Labute approximate surface area is 215 Å². The molecule has 5 nitrogen and oxygen atoms in total. The Morgan fingerprint density at radius 1 is 0.730 bits per heavy atom. The molecule has 3 aromatic heterocycles. The molecule has 0 aliphatic heterocycles. The maximum Gasteiger partial charge on any atom is 0.168 e. The van der Waals surface area contributed by atoms with Gasteiger partial charge in [-0.1, -0.05) is 56.3 Å². The maximum atomic E-state index is 10.7. The number of fused-ring (bicyclic) bond motifs is 1. The minimum Gasteiger partial charge on any atom is -0.506 e. The summed E-state index contributed by atoms with van der Waals surface area (Å²) in [6.45, 7) is 4.40. The number of pyridine rings is 2. The van der Waals surface area contributed by atoms with Crippen LogP contribution in [0.5, 0.6) is 5.75 Å². The molecular weight excluding hydrogens is 456 g/mol. The molecule has 180 valence electrons. The fraction of sp³-hybridized carbons (Fsp3) is 0.0938. The highest BCUT2D eigenvalue weighted by Crippen LogP contribution is 2.38. The average molecular weight is 483 g/mol. The van der Waals surface area contributed by atoms with Crippen LogP contribution in [-0.4, -0.2) is 24.6 Å². The highest BCUT2D eigenvalue weighted by molar-refractivity contribution is 5.96. The first-order valence-corrected chi connectivity index (χ1v) is 12.4. The first-order valence-electron chi connectivity index (χ1n) is 12.4. The van der Waals surface area contributed by atoms with E-state index in [9.17, 15) is 5.11 Å². The topological polar surface area (TPSA) is 63.8 Å². The number of hydrogen-bond donors (Lipinski definition) is 1. The van der Waals surface area contributed by atoms with Crippen molar-refractivity contribution in [3.63, 3.8) is 0 Å². The lowest BCUT2D eigenvalue weighted by atomic mass is 9.93. The largest absolute Gasteiger partial charge is 0.506 e. The molecule has 0 bridgehead atoms. The van der Waals surface area contributed by atoms with Crippen LogP contribution >= 0.6 is 0 Å². The highest BCUT2D eigenvalue weighted by atomic mass is 16.3. The number of aromatic nitrogens is 4. The summed E-state index contributed by atoms with van der Waals surface area (Å²) in [6.07, 6.45) is 3.50. The van der Waals surface area contributed by atoms with Crippen LogP contribution in [0.3, 0.4) is 0 Å². The number of hydrogen-bond acceptors (Lipinski definition) is 4. The molecule has 0 saturated heterocycles. The van der Waals surface area contributed by atoms with E-state index in [1.54, 1.807) is 18.3 Å². The molecule has 0 fully saturated rings. The van der Waals surface area contributed by atoms with Gasteiger partial charge in [0.25, 0.3) is 0 Å². The van der Waals surface area contributed by atoms with Gasteiger partial charge in [0.15, 0.2) is 5.82 Å². The minimum absolute atomic E-state index is 0.0933. The molecule has 3 aromatic carbocycles. The van der Waals surface area contributed by atoms with Gasteiger partial charge in [0.2, 0.25) is 0 Å². The summed E-state index contributed by atoms with van der Waals surface area (Å²) in [4.78, 5) is 14.2. The summed E-state index contributed by atoms with van der Waals surface area (Å²) in [5, 5.41) is 10.7. The summed E-state index contributed by atoms with van der Waals surface area (Å²) in [5.41, 5.74) is 8.52. The summed E-state index contributed by atoms with van der Waals surface area (Å²) in [7, 11) is 0. The van der Waals surface area contributed by atoms with Gasteiger partial charge in [0, 0.05) is 29.2 Å². The zero-order chi connectivity index (χ0) is 25.4. The van der Waals surface area contributed by atoms with Crippen molar-refractivity contribution in [2.24, 2.45) is 0 Å². The van der Waals surface area contributed by atoms with Gasteiger partial charge in [-0.05, 0) is 71.6 Å². The van der Waals surface area contributed by atoms with Crippen molar-refractivity contribution in [1.29, 1.82) is 0 Å². The van der Waals surface area contributed by atoms with Crippen LogP contribution in [0, 0.1) is 0 Å². The molecule has 0 aliphatic carbocycles. The summed E-state index contributed by atoms with van der Waals surface area (Å²) in [5.74, 6) is 1.04. The van der Waals surface area contributed by atoms with Crippen LogP contribution in [-0.2, 0) is 0 Å². The molecule has 0 unspecified atom stereocenters. The molecule has 3 heterocycles. The second kappa shape index (κ2) is 9.36. The second-order valence-electron chi connectivity index (χ2n) is 9.36. The molecule has 0 aliphatic rings. The number of aromatic hydroxyl groups is 1. The van der Waals surface area contributed by atoms with Crippen LogP contribution in [0.1, 0.15) is 25.3 Å². The molecule has 0 radical (unpaired) electrons. The van der Waals surface area contributed by atoms with Crippen LogP contribution in [0.4, 0.5) is 0 Å². The van der Waals surface area contributed by atoms with Crippen molar-refractivity contribution < 1.29 is 5.11 Å². The number of para-hydroxylation sites is 2. The average Bonchev–Trinajstić information content (AvgIpc) is 3.33. The minimum atomic E-state index is 0.0933. The molecule has 0 amide bonds. The van der Waals surface area contributed by atoms with Gasteiger partial charge in [-0.3, -0.25) is 9.55 Å². The Morgan fingerprint density at radius 3 is 2.27 bits per heavy atom. The van der Waals surface area contributed by atoms with Gasteiger partial charge >= 0.3 is 0 Å². The molecule has 37 heavy (non-hydrogen) atoms. The quantitative estimate of drug-likeness (QED) is 0.274. The van der Waals surface area contributed by atoms with Crippen LogP contribution < -0.4 is 0 Å². The lowest BCUT2D eigenvalue weighted by Gasteiger charge is -2.13. The monoisotopic (exact) mass is 482 g/mol. The van der Waals surface area contributed by atoms with Crippen molar-refractivity contribution in [3.8, 4) is 45.3 Å². The van der Waals surface area contributed by atoms with E-state index in [1.165, 1.54) is 5.56 Å². The van der Waals surface area contributed by atoms with E-state index >= 15 is 0 Å². The van der Waals surface area contributed by atoms with Crippen molar-refractivity contribution in [1.82, 2.24) is 19.5 Å². The molecule has 0 atom stereocenters. The van der Waals surface area contributed by atoms with E-state index < -0.39 is 0 Å². The SMILES string of the molecule is CC(C)c1cc(-c2ccccn2)cc(-c2cccc3c2nc(-c2ncccc2O)n3-c2ccccc2)c1.